The van der Waals surface area contributed by atoms with Crippen LogP contribution in [-0.2, 0) is 14.3 Å². The van der Waals surface area contributed by atoms with Crippen molar-refractivity contribution in [2.24, 2.45) is 5.92 Å². The molecule has 1 aliphatic rings. The van der Waals surface area contributed by atoms with Crippen molar-refractivity contribution in [1.82, 2.24) is 15.3 Å². The van der Waals surface area contributed by atoms with Crippen molar-refractivity contribution in [3.63, 3.8) is 0 Å². The molecule has 7 nitrogen and oxygen atoms in total. The van der Waals surface area contributed by atoms with E-state index in [-0.39, 0.29) is 12.2 Å². The summed E-state index contributed by atoms with van der Waals surface area (Å²) in [6, 6.07) is 0. The number of carbonyl (C=O) groups is 1. The summed E-state index contributed by atoms with van der Waals surface area (Å²) in [5.41, 5.74) is 0. The summed E-state index contributed by atoms with van der Waals surface area (Å²) in [6.45, 7) is 22.4. The Hall–Kier alpha value is -0.730. The van der Waals surface area contributed by atoms with Crippen molar-refractivity contribution in [2.75, 3.05) is 53.0 Å². The molecule has 32 heavy (non-hydrogen) atoms. The second kappa shape index (κ2) is 28.3. The smallest absolute Gasteiger partial charge is 0.225 e. The molecule has 0 spiro atoms. The van der Waals surface area contributed by atoms with Gasteiger partial charge < -0.3 is 24.9 Å². The third kappa shape index (κ3) is 22.5. The van der Waals surface area contributed by atoms with E-state index >= 15 is 0 Å². The summed E-state index contributed by atoms with van der Waals surface area (Å²) in [6.07, 6.45) is 6.46. The predicted molar refractivity (Wildman–Crippen MR) is 136 cm³/mol. The lowest BCUT2D eigenvalue weighted by atomic mass is 10.0. The first-order valence-electron chi connectivity index (χ1n) is 13.0. The maximum atomic E-state index is 11.7. The van der Waals surface area contributed by atoms with E-state index in [1.807, 2.05) is 39.5 Å². The first-order chi connectivity index (χ1) is 15.4. The Balaban J connectivity index is -0.000000410. The molecule has 1 fully saturated rings. The highest BCUT2D eigenvalue weighted by atomic mass is 16.7. The number of nitrogens with one attached hydrogen (secondary N) is 1. The first kappa shape index (κ1) is 35.9. The molecule has 1 saturated heterocycles. The van der Waals surface area contributed by atoms with E-state index in [0.29, 0.717) is 12.5 Å². The van der Waals surface area contributed by atoms with Gasteiger partial charge in [0.05, 0.1) is 0 Å². The third-order valence-corrected chi connectivity index (χ3v) is 4.90. The van der Waals surface area contributed by atoms with Crippen LogP contribution in [0.5, 0.6) is 0 Å². The number of likely N-dealkylation sites (tertiary alicyclic amines) is 1. The van der Waals surface area contributed by atoms with Crippen LogP contribution in [0.25, 0.3) is 0 Å². The van der Waals surface area contributed by atoms with Gasteiger partial charge in [-0.2, -0.15) is 5.06 Å². The molecule has 1 aliphatic heterocycles. The number of hydrogen-bond acceptors (Lipinski definition) is 6. The summed E-state index contributed by atoms with van der Waals surface area (Å²) in [7, 11) is 1.61. The second-order valence-corrected chi connectivity index (χ2v) is 7.40. The van der Waals surface area contributed by atoms with Gasteiger partial charge in [-0.05, 0) is 59.0 Å². The van der Waals surface area contributed by atoms with Gasteiger partial charge in [-0.15, -0.1) is 0 Å². The Bertz CT molecular complexity index is 351. The molecule has 7 heteroatoms. The van der Waals surface area contributed by atoms with Crippen molar-refractivity contribution in [3.8, 4) is 0 Å². The molecular formula is C25H57N3O4. The van der Waals surface area contributed by atoms with Crippen molar-refractivity contribution in [1.29, 1.82) is 0 Å². The number of ether oxygens (including phenoxy) is 2. The maximum absolute atomic E-state index is 11.7. The van der Waals surface area contributed by atoms with Crippen LogP contribution in [0.4, 0.5) is 0 Å². The summed E-state index contributed by atoms with van der Waals surface area (Å²) in [5.74, 6) is 0.667. The molecule has 0 bridgehead atoms. The molecule has 196 valence electrons. The molecule has 1 amide bonds. The molecule has 2 N–H and O–H groups in total. The fourth-order valence-corrected chi connectivity index (χ4v) is 2.94. The number of hydrogen-bond donors (Lipinski definition) is 2. The van der Waals surface area contributed by atoms with Crippen molar-refractivity contribution in [3.05, 3.63) is 0 Å². The van der Waals surface area contributed by atoms with Crippen LogP contribution in [0.3, 0.4) is 0 Å². The molecule has 1 heterocycles. The van der Waals surface area contributed by atoms with Crippen molar-refractivity contribution >= 4 is 5.91 Å². The molecule has 0 aromatic carbocycles. The lowest BCUT2D eigenvalue weighted by Crippen LogP contribution is -2.33. The fourth-order valence-electron chi connectivity index (χ4n) is 2.94. The van der Waals surface area contributed by atoms with E-state index in [1.54, 1.807) is 7.05 Å². The number of amides is 1. The normalized spacial score (nSPS) is 12.7. The van der Waals surface area contributed by atoms with Crippen LogP contribution >= 0.6 is 0 Å². The van der Waals surface area contributed by atoms with Crippen LogP contribution < -0.4 is 5.32 Å². The topological polar surface area (TPSA) is 74.3 Å². The first-order valence-corrected chi connectivity index (χ1v) is 13.0. The number of hydroxylamine groups is 2. The van der Waals surface area contributed by atoms with Crippen LogP contribution in [-0.4, -0.2) is 80.4 Å². The summed E-state index contributed by atoms with van der Waals surface area (Å²) >= 11 is 0. The predicted octanol–water partition coefficient (Wildman–Crippen LogP) is 5.17. The maximum Gasteiger partial charge on any atom is 0.225 e. The Kier molecular flexibility index (Phi) is 31.7. The van der Waals surface area contributed by atoms with Crippen LogP contribution in [0.15, 0.2) is 0 Å². The van der Waals surface area contributed by atoms with Gasteiger partial charge in [0.2, 0.25) is 5.91 Å². The van der Waals surface area contributed by atoms with Gasteiger partial charge in [0.1, 0.15) is 0 Å². The molecular weight excluding hydrogens is 406 g/mol. The lowest BCUT2D eigenvalue weighted by Gasteiger charge is -2.20. The molecule has 1 rings (SSSR count). The summed E-state index contributed by atoms with van der Waals surface area (Å²) < 4.78 is 10.8. The van der Waals surface area contributed by atoms with Gasteiger partial charge in [-0.25, -0.2) is 0 Å². The zero-order chi connectivity index (χ0) is 25.2. The van der Waals surface area contributed by atoms with Gasteiger partial charge in [0.15, 0.2) is 6.29 Å². The zero-order valence-corrected chi connectivity index (χ0v) is 22.9. The Labute approximate surface area is 200 Å². The van der Waals surface area contributed by atoms with Gasteiger partial charge in [0, 0.05) is 52.2 Å². The summed E-state index contributed by atoms with van der Waals surface area (Å²) in [4.78, 5) is 13.8. The number of nitrogens with zero attached hydrogens (tertiary/aromatic N) is 2. The Morgan fingerprint density at radius 1 is 0.969 bits per heavy atom. The molecule has 0 unspecified atom stereocenters. The fraction of sp³-hybridized carbons (Fsp3) is 0.960. The average molecular weight is 464 g/mol. The second-order valence-electron chi connectivity index (χ2n) is 7.40. The molecule has 0 aromatic rings. The van der Waals surface area contributed by atoms with Crippen LogP contribution in [0.1, 0.15) is 93.9 Å². The van der Waals surface area contributed by atoms with Crippen LogP contribution in [0, 0.1) is 5.92 Å². The zero-order valence-electron chi connectivity index (χ0n) is 22.9. The SMILES string of the molecule is CC.CCC(CC)C(=O)N1CCCC1.CCCNCCC(OCC)OCC.CCN(C)O. The van der Waals surface area contributed by atoms with Crippen LogP contribution in [0.2, 0.25) is 0 Å². The van der Waals surface area contributed by atoms with E-state index in [2.05, 4.69) is 26.1 Å². The van der Waals surface area contributed by atoms with E-state index in [1.165, 1.54) is 19.3 Å². The monoisotopic (exact) mass is 463 g/mol. The quantitative estimate of drug-likeness (QED) is 0.223. The number of rotatable bonds is 13. The lowest BCUT2D eigenvalue weighted by molar-refractivity contribution is -0.138. The minimum Gasteiger partial charge on any atom is -0.353 e. The van der Waals surface area contributed by atoms with Gasteiger partial charge in [0.25, 0.3) is 0 Å². The van der Waals surface area contributed by atoms with Crippen molar-refractivity contribution < 1.29 is 19.5 Å². The molecule has 0 aromatic heterocycles. The van der Waals surface area contributed by atoms with Crippen molar-refractivity contribution in [2.45, 2.75) is 100 Å². The molecule has 0 aliphatic carbocycles. The van der Waals surface area contributed by atoms with E-state index in [0.717, 1.165) is 63.7 Å². The van der Waals surface area contributed by atoms with Gasteiger partial charge in [-0.1, -0.05) is 41.5 Å². The minimum atomic E-state index is -0.0284. The van der Waals surface area contributed by atoms with E-state index in [9.17, 15) is 4.79 Å². The van der Waals surface area contributed by atoms with E-state index < -0.39 is 0 Å². The molecule has 0 radical (unpaired) electrons. The third-order valence-electron chi connectivity index (χ3n) is 4.90. The van der Waals surface area contributed by atoms with Gasteiger partial charge >= 0.3 is 0 Å². The molecule has 0 saturated carbocycles. The Morgan fingerprint density at radius 3 is 1.78 bits per heavy atom. The van der Waals surface area contributed by atoms with E-state index in [4.69, 9.17) is 14.7 Å². The highest BCUT2D eigenvalue weighted by molar-refractivity contribution is 5.78. The number of carbonyl (C=O) groups excluding carboxylic acids is 1. The standard InChI is InChI=1S/C10H23NO2.C10H19NO.C3H9NO.C2H6/c1-4-8-11-9-7-10(12-5-2)13-6-3;1-3-9(4-2)10(12)11-7-5-6-8-11;1-3-4(2)5;1-2/h10-11H,4-9H2,1-3H3;9H,3-8H2,1-2H3;5H,3H2,1-2H3;1-2H3. The Morgan fingerprint density at radius 2 is 1.44 bits per heavy atom. The largest absolute Gasteiger partial charge is 0.353 e. The minimum absolute atomic E-state index is 0.0284. The highest BCUT2D eigenvalue weighted by Crippen LogP contribution is 2.16. The molecule has 0 atom stereocenters. The average Bonchev–Trinajstić information content (AvgIpc) is 3.35. The van der Waals surface area contributed by atoms with Gasteiger partial charge in [-0.3, -0.25) is 4.79 Å². The summed E-state index contributed by atoms with van der Waals surface area (Å²) in [5, 5.41) is 12.6. The highest BCUT2D eigenvalue weighted by Gasteiger charge is 2.23.